The van der Waals surface area contributed by atoms with E-state index in [0.717, 1.165) is 0 Å². The van der Waals surface area contributed by atoms with Crippen molar-refractivity contribution in [2.24, 2.45) is 0 Å². The second kappa shape index (κ2) is 6.54. The third kappa shape index (κ3) is 3.70. The van der Waals surface area contributed by atoms with Crippen molar-refractivity contribution < 1.29 is 14.3 Å². The zero-order chi connectivity index (χ0) is 14.4. The van der Waals surface area contributed by atoms with Gasteiger partial charge in [0.15, 0.2) is 6.61 Å². The molecule has 0 bridgehead atoms. The van der Waals surface area contributed by atoms with Crippen LogP contribution in [0, 0.1) is 11.3 Å². The number of carbonyl (C=O) groups is 2. The first kappa shape index (κ1) is 13.8. The first-order valence-electron chi connectivity index (χ1n) is 6.10. The third-order valence-corrected chi connectivity index (χ3v) is 2.73. The minimum atomic E-state index is -0.462. The van der Waals surface area contributed by atoms with Crippen molar-refractivity contribution in [1.29, 1.82) is 5.26 Å². The number of hydrogen-bond donors (Lipinski definition) is 3. The predicted octanol–water partition coefficient (Wildman–Crippen LogP) is -0.385. The number of anilines is 1. The number of hydrogen-bond acceptors (Lipinski definition) is 5. The lowest BCUT2D eigenvalue weighted by molar-refractivity contribution is -0.124. The van der Waals surface area contributed by atoms with Gasteiger partial charge in [-0.05, 0) is 12.1 Å². The molecule has 0 radical (unpaired) electrons. The van der Waals surface area contributed by atoms with Crippen molar-refractivity contribution in [2.45, 2.75) is 6.04 Å². The smallest absolute Gasteiger partial charge is 0.243 e. The van der Waals surface area contributed by atoms with E-state index >= 15 is 0 Å². The van der Waals surface area contributed by atoms with E-state index in [0.29, 0.717) is 11.4 Å². The minimum absolute atomic E-state index is 0.0480. The summed E-state index contributed by atoms with van der Waals surface area (Å²) < 4.78 is 5.15. The minimum Gasteiger partial charge on any atom is -0.479 e. The quantitative estimate of drug-likeness (QED) is 0.694. The molecule has 1 atom stereocenters. The second-order valence-electron chi connectivity index (χ2n) is 4.20. The van der Waals surface area contributed by atoms with Gasteiger partial charge in [-0.15, -0.1) is 0 Å². The normalized spacial score (nSPS) is 17.8. The standard InChI is InChI=1S/C13H14N4O3/c14-4-5-20-10-3-1-2-9(6-10)17-13(19)11-7-16-12(18)8-15-11/h1-3,6,11,15H,5,7-8H2,(H,16,18)(H,17,19). The number of piperazine rings is 1. The molecule has 1 unspecified atom stereocenters. The molecule has 1 aromatic rings. The molecule has 0 aliphatic carbocycles. The lowest BCUT2D eigenvalue weighted by Gasteiger charge is -2.23. The van der Waals surface area contributed by atoms with Crippen LogP contribution < -0.4 is 20.7 Å². The fourth-order valence-electron chi connectivity index (χ4n) is 1.76. The van der Waals surface area contributed by atoms with Crippen LogP contribution in [0.4, 0.5) is 5.69 Å². The van der Waals surface area contributed by atoms with Gasteiger partial charge >= 0.3 is 0 Å². The van der Waals surface area contributed by atoms with E-state index in [1.165, 1.54) is 0 Å². The summed E-state index contributed by atoms with van der Waals surface area (Å²) in [4.78, 5) is 23.0. The first-order valence-corrected chi connectivity index (χ1v) is 6.10. The van der Waals surface area contributed by atoms with Crippen LogP contribution in [0.5, 0.6) is 5.75 Å². The highest BCUT2D eigenvalue weighted by Gasteiger charge is 2.23. The Kier molecular flexibility index (Phi) is 4.52. The maximum absolute atomic E-state index is 12.0. The fourth-order valence-corrected chi connectivity index (χ4v) is 1.76. The van der Waals surface area contributed by atoms with E-state index in [1.54, 1.807) is 24.3 Å². The molecule has 2 rings (SSSR count). The molecule has 7 nitrogen and oxygen atoms in total. The lowest BCUT2D eigenvalue weighted by Crippen LogP contribution is -2.56. The molecule has 1 aromatic carbocycles. The number of ether oxygens (including phenoxy) is 1. The number of nitriles is 1. The summed E-state index contributed by atoms with van der Waals surface area (Å²) in [5.74, 6) is 0.151. The van der Waals surface area contributed by atoms with E-state index in [1.807, 2.05) is 6.07 Å². The summed E-state index contributed by atoms with van der Waals surface area (Å²) in [5.41, 5.74) is 0.573. The van der Waals surface area contributed by atoms with Crippen LogP contribution >= 0.6 is 0 Å². The fraction of sp³-hybridized carbons (Fsp3) is 0.308. The van der Waals surface area contributed by atoms with Crippen LogP contribution in [-0.4, -0.2) is 37.6 Å². The monoisotopic (exact) mass is 274 g/mol. The summed E-state index contributed by atoms with van der Waals surface area (Å²) in [5, 5.41) is 16.6. The van der Waals surface area contributed by atoms with E-state index in [4.69, 9.17) is 10.00 Å². The van der Waals surface area contributed by atoms with E-state index in [9.17, 15) is 9.59 Å². The molecule has 2 amide bonds. The van der Waals surface area contributed by atoms with Crippen LogP contribution in [-0.2, 0) is 9.59 Å². The van der Waals surface area contributed by atoms with Gasteiger partial charge in [0.2, 0.25) is 11.8 Å². The zero-order valence-corrected chi connectivity index (χ0v) is 10.7. The zero-order valence-electron chi connectivity index (χ0n) is 10.7. The SMILES string of the molecule is N#CCOc1cccc(NC(=O)C2CNC(=O)CN2)c1. The number of rotatable bonds is 4. The van der Waals surface area contributed by atoms with Gasteiger partial charge in [-0.2, -0.15) is 5.26 Å². The molecule has 7 heteroatoms. The second-order valence-corrected chi connectivity index (χ2v) is 4.20. The molecule has 1 fully saturated rings. The van der Waals surface area contributed by atoms with Gasteiger partial charge in [0.1, 0.15) is 17.9 Å². The molecule has 3 N–H and O–H groups in total. The summed E-state index contributed by atoms with van der Waals surface area (Å²) in [7, 11) is 0. The molecular weight excluding hydrogens is 260 g/mol. The molecule has 0 saturated carbocycles. The number of benzene rings is 1. The highest BCUT2D eigenvalue weighted by Crippen LogP contribution is 2.17. The summed E-state index contributed by atoms with van der Waals surface area (Å²) >= 11 is 0. The van der Waals surface area contributed by atoms with Crippen LogP contribution in [0.1, 0.15) is 0 Å². The summed E-state index contributed by atoms with van der Waals surface area (Å²) in [6, 6.07) is 8.19. The number of amides is 2. The third-order valence-electron chi connectivity index (χ3n) is 2.73. The predicted molar refractivity (Wildman–Crippen MR) is 71.0 cm³/mol. The summed E-state index contributed by atoms with van der Waals surface area (Å²) in [6.07, 6.45) is 0. The van der Waals surface area contributed by atoms with Gasteiger partial charge in [-0.3, -0.25) is 14.9 Å². The largest absolute Gasteiger partial charge is 0.479 e. The number of carbonyl (C=O) groups excluding carboxylic acids is 2. The average molecular weight is 274 g/mol. The van der Waals surface area contributed by atoms with Crippen LogP contribution in [0.25, 0.3) is 0 Å². The molecule has 1 aliphatic rings. The Hall–Kier alpha value is -2.59. The van der Waals surface area contributed by atoms with Gasteiger partial charge in [0, 0.05) is 18.3 Å². The van der Waals surface area contributed by atoms with Crippen LogP contribution in [0.2, 0.25) is 0 Å². The molecule has 20 heavy (non-hydrogen) atoms. The van der Waals surface area contributed by atoms with Crippen molar-refractivity contribution in [3.63, 3.8) is 0 Å². The van der Waals surface area contributed by atoms with Crippen molar-refractivity contribution in [2.75, 3.05) is 25.0 Å². The molecule has 1 heterocycles. The number of nitrogens with one attached hydrogen (secondary N) is 3. The Balaban J connectivity index is 1.94. The maximum Gasteiger partial charge on any atom is 0.243 e. The van der Waals surface area contributed by atoms with Gasteiger partial charge in [0.25, 0.3) is 0 Å². The van der Waals surface area contributed by atoms with Crippen molar-refractivity contribution >= 4 is 17.5 Å². The first-order chi connectivity index (χ1) is 9.69. The van der Waals surface area contributed by atoms with Gasteiger partial charge in [-0.1, -0.05) is 6.07 Å². The summed E-state index contributed by atoms with van der Waals surface area (Å²) in [6.45, 7) is 0.340. The van der Waals surface area contributed by atoms with Gasteiger partial charge < -0.3 is 15.4 Å². The topological polar surface area (TPSA) is 103 Å². The molecular formula is C13H14N4O3. The van der Waals surface area contributed by atoms with Crippen LogP contribution in [0.15, 0.2) is 24.3 Å². The molecule has 104 valence electrons. The van der Waals surface area contributed by atoms with Crippen molar-refractivity contribution in [3.8, 4) is 11.8 Å². The Morgan fingerprint density at radius 1 is 1.55 bits per heavy atom. The Bertz CT molecular complexity index is 543. The highest BCUT2D eigenvalue weighted by molar-refractivity contribution is 5.96. The van der Waals surface area contributed by atoms with E-state index in [-0.39, 0.29) is 31.5 Å². The maximum atomic E-state index is 12.0. The highest BCUT2D eigenvalue weighted by atomic mass is 16.5. The van der Waals surface area contributed by atoms with E-state index < -0.39 is 6.04 Å². The molecule has 0 spiro atoms. The average Bonchev–Trinajstić information content (AvgIpc) is 2.46. The number of nitrogens with zero attached hydrogens (tertiary/aromatic N) is 1. The molecule has 0 aromatic heterocycles. The van der Waals surface area contributed by atoms with Crippen molar-refractivity contribution in [1.82, 2.24) is 10.6 Å². The lowest BCUT2D eigenvalue weighted by atomic mass is 10.2. The van der Waals surface area contributed by atoms with Gasteiger partial charge in [0.05, 0.1) is 6.54 Å². The van der Waals surface area contributed by atoms with Gasteiger partial charge in [-0.25, -0.2) is 0 Å². The Morgan fingerprint density at radius 2 is 2.40 bits per heavy atom. The Labute approximate surface area is 115 Å². The van der Waals surface area contributed by atoms with E-state index in [2.05, 4.69) is 16.0 Å². The van der Waals surface area contributed by atoms with Crippen LogP contribution in [0.3, 0.4) is 0 Å². The molecule has 1 aliphatic heterocycles. The molecule has 1 saturated heterocycles. The Morgan fingerprint density at radius 3 is 3.10 bits per heavy atom. The van der Waals surface area contributed by atoms with Crippen molar-refractivity contribution in [3.05, 3.63) is 24.3 Å².